The molecule has 0 unspecified atom stereocenters. The molecule has 1 amide bonds. The minimum Gasteiger partial charge on any atom is -0.309 e. The Kier molecular flexibility index (Phi) is 2.42. The lowest BCUT2D eigenvalue weighted by Crippen LogP contribution is -2.27. The molecule has 0 saturated carbocycles. The van der Waals surface area contributed by atoms with Gasteiger partial charge in [0, 0.05) is 11.6 Å². The summed E-state index contributed by atoms with van der Waals surface area (Å²) in [6.07, 6.45) is 3.70. The fourth-order valence-electron chi connectivity index (χ4n) is 1.30. The molecule has 2 heterocycles. The van der Waals surface area contributed by atoms with Crippen LogP contribution in [0.25, 0.3) is 5.65 Å². The Morgan fingerprint density at radius 1 is 1.38 bits per heavy atom. The molecule has 0 radical (unpaired) electrons. The van der Waals surface area contributed by atoms with Crippen LogP contribution >= 0.6 is 0 Å². The van der Waals surface area contributed by atoms with E-state index in [1.807, 2.05) is 49.6 Å². The van der Waals surface area contributed by atoms with Crippen LogP contribution in [-0.4, -0.2) is 15.3 Å². The van der Waals surface area contributed by atoms with E-state index in [1.165, 1.54) is 0 Å². The normalized spacial score (nSPS) is 11.7. The van der Waals surface area contributed by atoms with Gasteiger partial charge in [-0.25, -0.2) is 4.98 Å². The van der Waals surface area contributed by atoms with Crippen LogP contribution in [0.5, 0.6) is 0 Å². The van der Waals surface area contributed by atoms with Crippen molar-refractivity contribution in [1.82, 2.24) is 9.38 Å². The molecule has 0 atom stereocenters. The summed E-state index contributed by atoms with van der Waals surface area (Å²) in [5.74, 6) is 0.557. The van der Waals surface area contributed by atoms with Crippen LogP contribution in [0, 0.1) is 5.41 Å². The van der Waals surface area contributed by atoms with E-state index in [0.29, 0.717) is 5.82 Å². The van der Waals surface area contributed by atoms with Crippen LogP contribution < -0.4 is 5.32 Å². The Balaban J connectivity index is 2.25. The lowest BCUT2D eigenvalue weighted by Gasteiger charge is -2.16. The van der Waals surface area contributed by atoms with E-state index in [1.54, 1.807) is 6.20 Å². The van der Waals surface area contributed by atoms with Crippen LogP contribution in [0.15, 0.2) is 30.6 Å². The number of imidazole rings is 1. The maximum Gasteiger partial charge on any atom is 0.230 e. The van der Waals surface area contributed by atoms with Gasteiger partial charge in [-0.1, -0.05) is 26.8 Å². The Labute approximate surface area is 94.3 Å². The minimum absolute atomic E-state index is 0.0316. The number of anilines is 1. The van der Waals surface area contributed by atoms with Gasteiger partial charge in [0.2, 0.25) is 5.91 Å². The molecule has 0 saturated heterocycles. The van der Waals surface area contributed by atoms with E-state index in [2.05, 4.69) is 10.3 Å². The first-order valence-corrected chi connectivity index (χ1v) is 5.22. The van der Waals surface area contributed by atoms with Crippen molar-refractivity contribution in [3.05, 3.63) is 30.6 Å². The van der Waals surface area contributed by atoms with Crippen molar-refractivity contribution < 1.29 is 4.79 Å². The van der Waals surface area contributed by atoms with Crippen molar-refractivity contribution in [2.24, 2.45) is 5.41 Å². The second-order valence-electron chi connectivity index (χ2n) is 4.80. The molecular formula is C12H15N3O. The fraction of sp³-hybridized carbons (Fsp3) is 0.333. The second-order valence-corrected chi connectivity index (χ2v) is 4.80. The van der Waals surface area contributed by atoms with Gasteiger partial charge in [-0.2, -0.15) is 0 Å². The molecule has 0 spiro atoms. The summed E-state index contributed by atoms with van der Waals surface area (Å²) in [5.41, 5.74) is 0.419. The van der Waals surface area contributed by atoms with Crippen LogP contribution in [0.1, 0.15) is 20.8 Å². The molecule has 0 aromatic carbocycles. The highest BCUT2D eigenvalue weighted by Gasteiger charge is 2.21. The molecule has 16 heavy (non-hydrogen) atoms. The lowest BCUT2D eigenvalue weighted by atomic mass is 9.96. The number of carbonyl (C=O) groups excluding carboxylic acids is 1. The summed E-state index contributed by atoms with van der Waals surface area (Å²) in [6.45, 7) is 5.62. The molecule has 0 aliphatic heterocycles. The second kappa shape index (κ2) is 3.63. The van der Waals surface area contributed by atoms with Gasteiger partial charge in [-0.3, -0.25) is 4.79 Å². The maximum absolute atomic E-state index is 11.8. The number of amides is 1. The fourth-order valence-corrected chi connectivity index (χ4v) is 1.30. The molecule has 2 aromatic heterocycles. The standard InChI is InChI=1S/C12H15N3O/c1-12(2,3)11(16)14-9-8-15-7-5-4-6-10(15)13-9/h4-8H,1-3H3,(H,14,16). The minimum atomic E-state index is -0.407. The Morgan fingerprint density at radius 2 is 2.12 bits per heavy atom. The smallest absolute Gasteiger partial charge is 0.230 e. The van der Waals surface area contributed by atoms with Crippen molar-refractivity contribution in [3.63, 3.8) is 0 Å². The SMILES string of the molecule is CC(C)(C)C(=O)Nc1cn2ccccc2n1. The topological polar surface area (TPSA) is 46.4 Å². The molecule has 4 heteroatoms. The number of fused-ring (bicyclic) bond motifs is 1. The molecule has 1 N–H and O–H groups in total. The Morgan fingerprint density at radius 3 is 2.75 bits per heavy atom. The first-order valence-electron chi connectivity index (χ1n) is 5.22. The largest absolute Gasteiger partial charge is 0.309 e. The number of carbonyl (C=O) groups is 1. The molecule has 0 bridgehead atoms. The van der Waals surface area contributed by atoms with E-state index in [-0.39, 0.29) is 5.91 Å². The molecule has 0 fully saturated rings. The van der Waals surface area contributed by atoms with Gasteiger partial charge >= 0.3 is 0 Å². The van der Waals surface area contributed by atoms with Crippen molar-refractivity contribution in [3.8, 4) is 0 Å². The number of aromatic nitrogens is 2. The van der Waals surface area contributed by atoms with Crippen molar-refractivity contribution in [2.75, 3.05) is 5.32 Å². The third-order valence-corrected chi connectivity index (χ3v) is 2.29. The van der Waals surface area contributed by atoms with Crippen molar-refractivity contribution in [1.29, 1.82) is 0 Å². The van der Waals surface area contributed by atoms with E-state index in [9.17, 15) is 4.79 Å². The summed E-state index contributed by atoms with van der Waals surface area (Å²) < 4.78 is 1.87. The highest BCUT2D eigenvalue weighted by molar-refractivity contribution is 5.93. The molecule has 2 aromatic rings. The average Bonchev–Trinajstić information content (AvgIpc) is 2.58. The van der Waals surface area contributed by atoms with Crippen LogP contribution in [0.3, 0.4) is 0 Å². The number of pyridine rings is 1. The number of nitrogens with zero attached hydrogens (tertiary/aromatic N) is 2. The summed E-state index contributed by atoms with van der Waals surface area (Å²) >= 11 is 0. The van der Waals surface area contributed by atoms with Gasteiger partial charge in [0.25, 0.3) is 0 Å². The van der Waals surface area contributed by atoms with E-state index in [0.717, 1.165) is 5.65 Å². The number of hydrogen-bond acceptors (Lipinski definition) is 2. The third kappa shape index (κ3) is 2.05. The summed E-state index contributed by atoms with van der Waals surface area (Å²) in [5, 5.41) is 2.80. The Hall–Kier alpha value is -1.84. The first kappa shape index (κ1) is 10.7. The van der Waals surface area contributed by atoms with Crippen molar-refractivity contribution in [2.45, 2.75) is 20.8 Å². The predicted octanol–water partition coefficient (Wildman–Crippen LogP) is 2.32. The van der Waals surface area contributed by atoms with Gasteiger partial charge in [0.15, 0.2) is 5.82 Å². The summed E-state index contributed by atoms with van der Waals surface area (Å²) in [7, 11) is 0. The number of rotatable bonds is 1. The van der Waals surface area contributed by atoms with Gasteiger partial charge in [0.05, 0.1) is 6.20 Å². The highest BCUT2D eigenvalue weighted by atomic mass is 16.2. The first-order chi connectivity index (χ1) is 7.47. The zero-order valence-corrected chi connectivity index (χ0v) is 9.69. The summed E-state index contributed by atoms with van der Waals surface area (Å²) in [4.78, 5) is 16.0. The van der Waals surface area contributed by atoms with E-state index in [4.69, 9.17) is 0 Å². The molecule has 0 aliphatic carbocycles. The molecule has 4 nitrogen and oxygen atoms in total. The molecule has 2 rings (SSSR count). The average molecular weight is 217 g/mol. The van der Waals surface area contributed by atoms with Crippen LogP contribution in [0.2, 0.25) is 0 Å². The Bertz CT molecular complexity index is 489. The van der Waals surface area contributed by atoms with E-state index < -0.39 is 5.41 Å². The zero-order chi connectivity index (χ0) is 11.8. The number of hydrogen-bond donors (Lipinski definition) is 1. The van der Waals surface area contributed by atoms with E-state index >= 15 is 0 Å². The zero-order valence-electron chi connectivity index (χ0n) is 9.69. The predicted molar refractivity (Wildman–Crippen MR) is 63.3 cm³/mol. The van der Waals surface area contributed by atoms with Gasteiger partial charge in [-0.15, -0.1) is 0 Å². The molecule has 0 aliphatic rings. The molecule has 84 valence electrons. The maximum atomic E-state index is 11.8. The number of nitrogens with one attached hydrogen (secondary N) is 1. The van der Waals surface area contributed by atoms with Gasteiger partial charge in [0.1, 0.15) is 5.65 Å². The highest BCUT2D eigenvalue weighted by Crippen LogP contribution is 2.17. The monoisotopic (exact) mass is 217 g/mol. The molecular weight excluding hydrogens is 202 g/mol. The van der Waals surface area contributed by atoms with Gasteiger partial charge in [-0.05, 0) is 12.1 Å². The van der Waals surface area contributed by atoms with Crippen LogP contribution in [-0.2, 0) is 4.79 Å². The summed E-state index contributed by atoms with van der Waals surface area (Å²) in [6, 6.07) is 5.73. The lowest BCUT2D eigenvalue weighted by molar-refractivity contribution is -0.123. The van der Waals surface area contributed by atoms with Crippen LogP contribution in [0.4, 0.5) is 5.82 Å². The third-order valence-electron chi connectivity index (χ3n) is 2.29. The quantitative estimate of drug-likeness (QED) is 0.796. The van der Waals surface area contributed by atoms with Gasteiger partial charge < -0.3 is 9.72 Å². The van der Waals surface area contributed by atoms with Crippen molar-refractivity contribution >= 4 is 17.4 Å².